The topological polar surface area (TPSA) is 33.6 Å². The molecule has 0 atom stereocenters. The van der Waals surface area contributed by atoms with E-state index in [9.17, 15) is 13.2 Å². The van der Waals surface area contributed by atoms with Crippen molar-refractivity contribution < 1.29 is 13.2 Å². The van der Waals surface area contributed by atoms with Crippen molar-refractivity contribution in [1.29, 1.82) is 0 Å². The van der Waals surface area contributed by atoms with Crippen LogP contribution in [0.1, 0.15) is 11.4 Å². The highest BCUT2D eigenvalue weighted by Crippen LogP contribution is 2.33. The molecule has 0 aliphatic rings. The molecule has 0 fully saturated rings. The summed E-state index contributed by atoms with van der Waals surface area (Å²) in [4.78, 5) is 0. The second-order valence-corrected chi connectivity index (χ2v) is 4.37. The number of benzene rings is 1. The SMILES string of the molecule is Cc1n[nH]c(=S)n1-c1ccc(C(F)(F)F)cc1Cl. The van der Waals surface area contributed by atoms with Crippen LogP contribution in [0, 0.1) is 11.7 Å². The fourth-order valence-electron chi connectivity index (χ4n) is 1.52. The van der Waals surface area contributed by atoms with Gasteiger partial charge in [0.05, 0.1) is 16.3 Å². The largest absolute Gasteiger partial charge is 0.416 e. The lowest BCUT2D eigenvalue weighted by atomic mass is 10.2. The monoisotopic (exact) mass is 293 g/mol. The minimum Gasteiger partial charge on any atom is -0.271 e. The van der Waals surface area contributed by atoms with Crippen molar-refractivity contribution in [3.63, 3.8) is 0 Å². The molecule has 0 aliphatic carbocycles. The number of rotatable bonds is 1. The Morgan fingerprint density at radius 1 is 1.39 bits per heavy atom. The highest BCUT2D eigenvalue weighted by Gasteiger charge is 2.31. The molecule has 0 amide bonds. The van der Waals surface area contributed by atoms with Gasteiger partial charge in [-0.15, -0.1) is 0 Å². The smallest absolute Gasteiger partial charge is 0.271 e. The summed E-state index contributed by atoms with van der Waals surface area (Å²) in [6, 6.07) is 3.09. The van der Waals surface area contributed by atoms with Crippen LogP contribution in [0.2, 0.25) is 5.02 Å². The molecular formula is C10H7ClF3N3S. The third-order valence-electron chi connectivity index (χ3n) is 2.36. The molecule has 0 saturated carbocycles. The molecule has 3 nitrogen and oxygen atoms in total. The number of hydrogen-bond donors (Lipinski definition) is 1. The number of hydrogen-bond acceptors (Lipinski definition) is 2. The van der Waals surface area contributed by atoms with E-state index >= 15 is 0 Å². The van der Waals surface area contributed by atoms with Crippen LogP contribution in [0.5, 0.6) is 0 Å². The summed E-state index contributed by atoms with van der Waals surface area (Å²) in [6.45, 7) is 1.67. The third kappa shape index (κ3) is 2.28. The summed E-state index contributed by atoms with van der Waals surface area (Å²) in [5, 5.41) is 6.38. The summed E-state index contributed by atoms with van der Waals surface area (Å²) in [5.74, 6) is 0.515. The van der Waals surface area contributed by atoms with Gasteiger partial charge < -0.3 is 0 Å². The van der Waals surface area contributed by atoms with Gasteiger partial charge in [-0.3, -0.25) is 9.67 Å². The van der Waals surface area contributed by atoms with Crippen LogP contribution in [-0.2, 0) is 6.18 Å². The van der Waals surface area contributed by atoms with E-state index in [1.807, 2.05) is 0 Å². The van der Waals surface area contributed by atoms with Gasteiger partial charge in [0, 0.05) is 0 Å². The Balaban J connectivity index is 2.59. The molecule has 0 aliphatic heterocycles. The number of aryl methyl sites for hydroxylation is 1. The molecule has 96 valence electrons. The molecule has 0 saturated heterocycles. The average molecular weight is 294 g/mol. The van der Waals surface area contributed by atoms with E-state index in [4.69, 9.17) is 23.8 Å². The van der Waals surface area contributed by atoms with E-state index in [0.29, 0.717) is 11.5 Å². The minimum atomic E-state index is -4.42. The van der Waals surface area contributed by atoms with Crippen molar-refractivity contribution in [1.82, 2.24) is 14.8 Å². The van der Waals surface area contributed by atoms with E-state index in [-0.39, 0.29) is 9.79 Å². The van der Waals surface area contributed by atoms with E-state index in [2.05, 4.69) is 10.2 Å². The van der Waals surface area contributed by atoms with Gasteiger partial charge in [-0.2, -0.15) is 18.3 Å². The summed E-state index contributed by atoms with van der Waals surface area (Å²) in [6.07, 6.45) is -4.42. The molecule has 1 aromatic carbocycles. The molecule has 1 aromatic heterocycles. The van der Waals surface area contributed by atoms with Gasteiger partial charge in [-0.05, 0) is 37.3 Å². The van der Waals surface area contributed by atoms with Crippen molar-refractivity contribution >= 4 is 23.8 Å². The predicted molar refractivity (Wildman–Crippen MR) is 63.5 cm³/mol. The van der Waals surface area contributed by atoms with Gasteiger partial charge in [-0.1, -0.05) is 11.6 Å². The van der Waals surface area contributed by atoms with E-state index in [1.54, 1.807) is 6.92 Å². The first-order valence-electron chi connectivity index (χ1n) is 4.82. The fraction of sp³-hybridized carbons (Fsp3) is 0.200. The molecule has 18 heavy (non-hydrogen) atoms. The van der Waals surface area contributed by atoms with Gasteiger partial charge in [0.25, 0.3) is 0 Å². The lowest BCUT2D eigenvalue weighted by Gasteiger charge is -2.11. The zero-order valence-electron chi connectivity index (χ0n) is 9.05. The number of aromatic amines is 1. The average Bonchev–Trinajstić information content (AvgIpc) is 2.58. The number of nitrogens with zero attached hydrogens (tertiary/aromatic N) is 2. The van der Waals surface area contributed by atoms with Gasteiger partial charge in [0.15, 0.2) is 4.77 Å². The maximum Gasteiger partial charge on any atom is 0.416 e. The maximum atomic E-state index is 12.5. The Labute approximate surface area is 110 Å². The zero-order chi connectivity index (χ0) is 13.5. The van der Waals surface area contributed by atoms with Crippen LogP contribution in [-0.4, -0.2) is 14.8 Å². The van der Waals surface area contributed by atoms with Crippen molar-refractivity contribution in [3.05, 3.63) is 39.4 Å². The number of alkyl halides is 3. The number of aromatic nitrogens is 3. The van der Waals surface area contributed by atoms with E-state index in [0.717, 1.165) is 12.1 Å². The Bertz CT molecular complexity index is 645. The van der Waals surface area contributed by atoms with Crippen molar-refractivity contribution in [3.8, 4) is 5.69 Å². The third-order valence-corrected chi connectivity index (χ3v) is 2.93. The number of H-pyrrole nitrogens is 1. The normalized spacial score (nSPS) is 11.8. The first-order chi connectivity index (χ1) is 8.30. The lowest BCUT2D eigenvalue weighted by molar-refractivity contribution is -0.137. The summed E-state index contributed by atoms with van der Waals surface area (Å²) >= 11 is 10.8. The number of halogens is 4. The Morgan fingerprint density at radius 3 is 2.50 bits per heavy atom. The summed E-state index contributed by atoms with van der Waals surface area (Å²) in [5.41, 5.74) is -0.440. The Hall–Kier alpha value is -1.34. The van der Waals surface area contributed by atoms with Crippen LogP contribution in [0.15, 0.2) is 18.2 Å². The molecule has 0 spiro atoms. The van der Waals surface area contributed by atoms with Crippen molar-refractivity contribution in [2.45, 2.75) is 13.1 Å². The fourth-order valence-corrected chi connectivity index (χ4v) is 2.07. The standard InChI is InChI=1S/C10H7ClF3N3S/c1-5-15-16-9(18)17(5)8-3-2-6(4-7(8)11)10(12,13)14/h2-4H,1H3,(H,16,18). The highest BCUT2D eigenvalue weighted by molar-refractivity contribution is 7.71. The van der Waals surface area contributed by atoms with E-state index in [1.165, 1.54) is 10.6 Å². The van der Waals surface area contributed by atoms with Crippen LogP contribution < -0.4 is 0 Å². The molecular weight excluding hydrogens is 287 g/mol. The predicted octanol–water partition coefficient (Wildman–Crippen LogP) is 3.91. The lowest BCUT2D eigenvalue weighted by Crippen LogP contribution is -2.06. The van der Waals surface area contributed by atoms with E-state index < -0.39 is 11.7 Å². The molecule has 1 N–H and O–H groups in total. The summed E-state index contributed by atoms with van der Waals surface area (Å²) in [7, 11) is 0. The first-order valence-corrected chi connectivity index (χ1v) is 5.60. The van der Waals surface area contributed by atoms with Gasteiger partial charge in [-0.25, -0.2) is 0 Å². The van der Waals surface area contributed by atoms with Crippen molar-refractivity contribution in [2.24, 2.45) is 0 Å². The van der Waals surface area contributed by atoms with Crippen LogP contribution in [0.25, 0.3) is 5.69 Å². The molecule has 8 heteroatoms. The Morgan fingerprint density at radius 2 is 2.06 bits per heavy atom. The molecule has 0 unspecified atom stereocenters. The molecule has 1 heterocycles. The number of nitrogens with one attached hydrogen (secondary N) is 1. The Kier molecular flexibility index (Phi) is 3.20. The van der Waals surface area contributed by atoms with Crippen molar-refractivity contribution in [2.75, 3.05) is 0 Å². The first kappa shape index (κ1) is 13.1. The quantitative estimate of drug-likeness (QED) is 0.809. The molecule has 0 bridgehead atoms. The van der Waals surface area contributed by atoms with Crippen LogP contribution in [0.4, 0.5) is 13.2 Å². The molecule has 2 aromatic rings. The highest BCUT2D eigenvalue weighted by atomic mass is 35.5. The summed E-state index contributed by atoms with van der Waals surface area (Å²) < 4.78 is 39.2. The molecule has 0 radical (unpaired) electrons. The second-order valence-electron chi connectivity index (χ2n) is 3.58. The van der Waals surface area contributed by atoms with Gasteiger partial charge in [0.1, 0.15) is 5.82 Å². The van der Waals surface area contributed by atoms with Gasteiger partial charge in [0.2, 0.25) is 0 Å². The van der Waals surface area contributed by atoms with Crippen LogP contribution in [0.3, 0.4) is 0 Å². The van der Waals surface area contributed by atoms with Crippen LogP contribution >= 0.6 is 23.8 Å². The maximum absolute atomic E-state index is 12.5. The molecule has 2 rings (SSSR count). The van der Waals surface area contributed by atoms with Gasteiger partial charge >= 0.3 is 6.18 Å². The second kappa shape index (κ2) is 4.40. The zero-order valence-corrected chi connectivity index (χ0v) is 10.6. The minimum absolute atomic E-state index is 0.0366.